The van der Waals surface area contributed by atoms with Crippen molar-refractivity contribution in [1.82, 2.24) is 5.01 Å². The van der Waals surface area contributed by atoms with E-state index in [1.54, 1.807) is 19.1 Å². The van der Waals surface area contributed by atoms with E-state index >= 15 is 0 Å². The Balaban J connectivity index is 3.17. The smallest absolute Gasteiger partial charge is 0.0943 e. The second kappa shape index (κ2) is 3.83. The molecule has 0 spiro atoms. The van der Waals surface area contributed by atoms with Crippen LogP contribution in [-0.4, -0.2) is 25.6 Å². The minimum Gasteiger partial charge on any atom is -0.613 e. The van der Waals surface area contributed by atoms with Crippen molar-refractivity contribution in [1.29, 1.82) is 0 Å². The molecule has 0 aliphatic rings. The lowest BCUT2D eigenvalue weighted by Gasteiger charge is -2.26. The van der Waals surface area contributed by atoms with E-state index in [1.165, 1.54) is 0 Å². The van der Waals surface area contributed by atoms with E-state index in [-0.39, 0.29) is 5.17 Å². The second-order valence-corrected chi connectivity index (χ2v) is 2.04. The van der Waals surface area contributed by atoms with Crippen LogP contribution in [0.3, 0.4) is 0 Å². The Hall–Kier alpha value is -0.120. The summed E-state index contributed by atoms with van der Waals surface area (Å²) in [6.45, 7) is 2.68. The van der Waals surface area contributed by atoms with Crippen LogP contribution in [0.4, 0.5) is 0 Å². The average molecular weight is 118 g/mol. The molecule has 0 aliphatic heterocycles. The molecule has 3 nitrogen and oxygen atoms in total. The molecule has 0 bridgehead atoms. The molecule has 0 rings (SSSR count). The van der Waals surface area contributed by atoms with Crippen LogP contribution in [0, 0.1) is 5.21 Å². The molecule has 0 saturated heterocycles. The topological polar surface area (TPSA) is 30.7 Å². The normalized spacial score (nSPS) is 14.6. The molecule has 0 radical (unpaired) electrons. The Labute approximate surface area is 50.4 Å². The molecule has 0 aromatic carbocycles. The van der Waals surface area contributed by atoms with Crippen LogP contribution in [0.5, 0.6) is 0 Å². The zero-order chi connectivity index (χ0) is 6.57. The van der Waals surface area contributed by atoms with Gasteiger partial charge in [-0.1, -0.05) is 6.92 Å². The van der Waals surface area contributed by atoms with Gasteiger partial charge in [0, 0.05) is 14.1 Å². The first-order valence-electron chi connectivity index (χ1n) is 2.88. The fourth-order valence-corrected chi connectivity index (χ4v) is 0.437. The van der Waals surface area contributed by atoms with Gasteiger partial charge < -0.3 is 5.21 Å². The number of hydroxylamine groups is 1. The van der Waals surface area contributed by atoms with Crippen molar-refractivity contribution in [3.63, 3.8) is 0 Å². The van der Waals surface area contributed by atoms with Gasteiger partial charge in [-0.2, -0.15) is 5.01 Å². The predicted molar refractivity (Wildman–Crippen MR) is 33.2 cm³/mol. The Morgan fingerprint density at radius 1 is 1.50 bits per heavy atom. The van der Waals surface area contributed by atoms with Crippen LogP contribution in [0.25, 0.3) is 0 Å². The van der Waals surface area contributed by atoms with Crippen LogP contribution in [-0.2, 0) is 0 Å². The molecule has 0 aromatic heterocycles. The molecular formula is C5H14N2O. The molecule has 1 atom stereocenters. The minimum atomic E-state index is 0.215. The molecule has 0 saturated carbocycles. The van der Waals surface area contributed by atoms with E-state index in [4.69, 9.17) is 0 Å². The first kappa shape index (κ1) is 7.88. The summed E-state index contributed by atoms with van der Waals surface area (Å²) in [4.78, 5) is 0. The maximum Gasteiger partial charge on any atom is 0.0943 e. The first-order valence-corrected chi connectivity index (χ1v) is 2.88. The summed E-state index contributed by atoms with van der Waals surface area (Å²) in [7, 11) is 3.55. The lowest BCUT2D eigenvalue weighted by Crippen LogP contribution is -3.12. The molecule has 1 unspecified atom stereocenters. The molecule has 3 heteroatoms. The lowest BCUT2D eigenvalue weighted by molar-refractivity contribution is -0.965. The summed E-state index contributed by atoms with van der Waals surface area (Å²) in [5.74, 6) is 0. The van der Waals surface area contributed by atoms with E-state index < -0.39 is 0 Å². The summed E-state index contributed by atoms with van der Waals surface area (Å²) in [6, 6.07) is 0. The van der Waals surface area contributed by atoms with Crippen molar-refractivity contribution in [3.8, 4) is 0 Å². The zero-order valence-electron chi connectivity index (χ0n) is 5.77. The molecule has 8 heavy (non-hydrogen) atoms. The molecule has 0 aliphatic carbocycles. The van der Waals surface area contributed by atoms with Gasteiger partial charge in [0.05, 0.1) is 6.54 Å². The van der Waals surface area contributed by atoms with Gasteiger partial charge in [-0.3, -0.25) is 5.17 Å². The number of rotatable bonds is 3. The lowest BCUT2D eigenvalue weighted by atomic mass is 10.5. The van der Waals surface area contributed by atoms with Gasteiger partial charge in [0.15, 0.2) is 0 Å². The molecule has 0 amide bonds. The van der Waals surface area contributed by atoms with Gasteiger partial charge in [0.2, 0.25) is 0 Å². The van der Waals surface area contributed by atoms with Gasteiger partial charge >= 0.3 is 0 Å². The summed E-state index contributed by atoms with van der Waals surface area (Å²) in [5.41, 5.74) is 0. The van der Waals surface area contributed by atoms with E-state index in [0.717, 1.165) is 6.42 Å². The Kier molecular flexibility index (Phi) is 3.77. The van der Waals surface area contributed by atoms with Crippen LogP contribution >= 0.6 is 0 Å². The standard InChI is InChI=1S/C5H14N2O/c1-4-5-7(8)6(2)3/h7H,4-5H2,1-3H3. The number of nitrogens with one attached hydrogen (secondary N) is 1. The highest BCUT2D eigenvalue weighted by Gasteiger charge is 1.94. The summed E-state index contributed by atoms with van der Waals surface area (Å²) in [5, 5.41) is 12.5. The average Bonchev–Trinajstić information content (AvgIpc) is 1.67. The summed E-state index contributed by atoms with van der Waals surface area (Å²) < 4.78 is 0. The maximum atomic E-state index is 10.7. The quantitative estimate of drug-likeness (QED) is 0.495. The van der Waals surface area contributed by atoms with Crippen LogP contribution < -0.4 is 5.17 Å². The fourth-order valence-electron chi connectivity index (χ4n) is 0.437. The number of nitrogens with zero attached hydrogens (tertiary/aromatic N) is 1. The molecule has 0 fully saturated rings. The van der Waals surface area contributed by atoms with Gasteiger partial charge in [-0.05, 0) is 6.42 Å². The molecule has 50 valence electrons. The van der Waals surface area contributed by atoms with Gasteiger partial charge in [0.25, 0.3) is 0 Å². The third-order valence-electron chi connectivity index (χ3n) is 0.963. The maximum absolute atomic E-state index is 10.7. The van der Waals surface area contributed by atoms with Crippen molar-refractivity contribution in [2.45, 2.75) is 13.3 Å². The molecule has 1 N–H and O–H groups in total. The number of quaternary nitrogens is 1. The van der Waals surface area contributed by atoms with Crippen molar-refractivity contribution in [2.24, 2.45) is 0 Å². The Morgan fingerprint density at radius 2 is 2.00 bits per heavy atom. The van der Waals surface area contributed by atoms with Gasteiger partial charge in [-0.15, -0.1) is 0 Å². The third-order valence-corrected chi connectivity index (χ3v) is 0.963. The minimum absolute atomic E-state index is 0.215. The van der Waals surface area contributed by atoms with Crippen molar-refractivity contribution in [3.05, 3.63) is 5.21 Å². The Bertz CT molecular complexity index is 56.4. The van der Waals surface area contributed by atoms with Crippen molar-refractivity contribution >= 4 is 0 Å². The van der Waals surface area contributed by atoms with E-state index in [0.29, 0.717) is 6.54 Å². The third kappa shape index (κ3) is 2.96. The highest BCUT2D eigenvalue weighted by molar-refractivity contribution is 4.19. The molecular weight excluding hydrogens is 104 g/mol. The fraction of sp³-hybridized carbons (Fsp3) is 1.00. The molecule has 0 aromatic rings. The highest BCUT2D eigenvalue weighted by Crippen LogP contribution is 1.62. The Morgan fingerprint density at radius 3 is 2.12 bits per heavy atom. The summed E-state index contributed by atoms with van der Waals surface area (Å²) in [6.07, 6.45) is 0.941. The van der Waals surface area contributed by atoms with Crippen LogP contribution in [0.15, 0.2) is 0 Å². The van der Waals surface area contributed by atoms with Crippen LogP contribution in [0.1, 0.15) is 13.3 Å². The van der Waals surface area contributed by atoms with E-state index in [2.05, 4.69) is 0 Å². The van der Waals surface area contributed by atoms with Crippen molar-refractivity contribution < 1.29 is 5.17 Å². The SMILES string of the molecule is CCC[NH+]([O-])N(C)C. The summed E-state index contributed by atoms with van der Waals surface area (Å²) >= 11 is 0. The van der Waals surface area contributed by atoms with E-state index in [9.17, 15) is 5.21 Å². The van der Waals surface area contributed by atoms with Crippen molar-refractivity contribution in [2.75, 3.05) is 20.6 Å². The van der Waals surface area contributed by atoms with Gasteiger partial charge in [0.1, 0.15) is 0 Å². The first-order chi connectivity index (χ1) is 3.68. The number of hydrogen-bond acceptors (Lipinski definition) is 2. The second-order valence-electron chi connectivity index (χ2n) is 2.04. The highest BCUT2D eigenvalue weighted by atomic mass is 16.5. The van der Waals surface area contributed by atoms with E-state index in [1.807, 2.05) is 6.92 Å². The monoisotopic (exact) mass is 118 g/mol. The number of hydrogen-bond donors (Lipinski definition) is 1. The predicted octanol–water partition coefficient (Wildman–Crippen LogP) is -0.744. The van der Waals surface area contributed by atoms with Crippen LogP contribution in [0.2, 0.25) is 0 Å². The van der Waals surface area contributed by atoms with Gasteiger partial charge in [-0.25, -0.2) is 0 Å². The largest absolute Gasteiger partial charge is 0.613 e. The molecule has 0 heterocycles. The zero-order valence-corrected chi connectivity index (χ0v) is 5.77.